The van der Waals surface area contributed by atoms with Crippen LogP contribution in [-0.4, -0.2) is 4.98 Å². The fourth-order valence-corrected chi connectivity index (χ4v) is 3.72. The number of aromatic nitrogens is 1. The Morgan fingerprint density at radius 1 is 0.600 bits per heavy atom. The summed E-state index contributed by atoms with van der Waals surface area (Å²) in [5, 5.41) is 13.5. The first kappa shape index (κ1) is 17.7. The van der Waals surface area contributed by atoms with E-state index >= 15 is 0 Å². The Hall–Kier alpha value is -4.40. The third-order valence-electron chi connectivity index (χ3n) is 5.19. The monoisotopic (exact) mass is 380 g/mol. The van der Waals surface area contributed by atoms with Gasteiger partial charge in [0.1, 0.15) is 0 Å². The summed E-state index contributed by atoms with van der Waals surface area (Å²) in [6, 6.07) is 32.3. The average Bonchev–Trinajstić information content (AvgIpc) is 2.82. The van der Waals surface area contributed by atoms with Crippen molar-refractivity contribution in [1.82, 2.24) is 4.98 Å². The van der Waals surface area contributed by atoms with Gasteiger partial charge in [0.25, 0.3) is 0 Å². The molecule has 0 aliphatic carbocycles. The number of nitriles is 1. The minimum atomic E-state index is 0.631. The van der Waals surface area contributed by atoms with Crippen molar-refractivity contribution in [2.24, 2.45) is 0 Å². The molecule has 1 heterocycles. The van der Waals surface area contributed by atoms with Crippen LogP contribution in [0, 0.1) is 23.2 Å². The smallest absolute Gasteiger partial charge is 0.0991 e. The lowest BCUT2D eigenvalue weighted by Gasteiger charge is -2.12. The first-order chi connectivity index (χ1) is 14.8. The highest BCUT2D eigenvalue weighted by atomic mass is 14.7. The molecule has 30 heavy (non-hydrogen) atoms. The first-order valence-corrected chi connectivity index (χ1v) is 9.71. The molecule has 0 aliphatic heterocycles. The van der Waals surface area contributed by atoms with E-state index in [0.29, 0.717) is 5.56 Å². The number of hydrogen-bond donors (Lipinski definition) is 0. The van der Waals surface area contributed by atoms with Gasteiger partial charge in [0, 0.05) is 28.3 Å². The fraction of sp³-hybridized carbons (Fsp3) is 0. The highest BCUT2D eigenvalue weighted by Gasteiger charge is 2.13. The molecule has 5 rings (SSSR count). The van der Waals surface area contributed by atoms with E-state index in [2.05, 4.69) is 60.4 Å². The predicted molar refractivity (Wildman–Crippen MR) is 122 cm³/mol. The molecule has 0 spiro atoms. The zero-order chi connectivity index (χ0) is 20.3. The van der Waals surface area contributed by atoms with E-state index in [9.17, 15) is 0 Å². The quantitative estimate of drug-likeness (QED) is 0.319. The van der Waals surface area contributed by atoms with Crippen LogP contribution in [0.1, 0.15) is 16.7 Å². The SMILES string of the molecule is N#Cc1ccc(C#Cc2ccc3ccccc3c2-c2nccc3ccccc23)cc1. The lowest BCUT2D eigenvalue weighted by molar-refractivity contribution is 1.36. The van der Waals surface area contributed by atoms with E-state index < -0.39 is 0 Å². The fourth-order valence-electron chi connectivity index (χ4n) is 3.72. The number of nitrogens with zero attached hydrogens (tertiary/aromatic N) is 2. The Labute approximate surface area is 175 Å². The van der Waals surface area contributed by atoms with Crippen molar-refractivity contribution in [3.8, 4) is 29.2 Å². The van der Waals surface area contributed by atoms with Crippen LogP contribution in [0.3, 0.4) is 0 Å². The molecule has 138 valence electrons. The largest absolute Gasteiger partial charge is 0.256 e. The summed E-state index contributed by atoms with van der Waals surface area (Å²) in [6.07, 6.45) is 1.86. The molecule has 0 bridgehead atoms. The normalized spacial score (nSPS) is 10.4. The highest BCUT2D eigenvalue weighted by Crippen LogP contribution is 2.34. The van der Waals surface area contributed by atoms with E-state index in [1.165, 1.54) is 0 Å². The van der Waals surface area contributed by atoms with Gasteiger partial charge in [0.2, 0.25) is 0 Å². The van der Waals surface area contributed by atoms with Crippen LogP contribution in [0.2, 0.25) is 0 Å². The van der Waals surface area contributed by atoms with Gasteiger partial charge in [0.05, 0.1) is 17.3 Å². The second-order valence-electron chi connectivity index (χ2n) is 7.03. The maximum absolute atomic E-state index is 8.99. The Morgan fingerprint density at radius 2 is 1.27 bits per heavy atom. The minimum absolute atomic E-state index is 0.631. The molecular formula is C28H16N2. The van der Waals surface area contributed by atoms with Gasteiger partial charge < -0.3 is 0 Å². The van der Waals surface area contributed by atoms with Crippen LogP contribution in [-0.2, 0) is 0 Å². The molecule has 0 atom stereocenters. The second-order valence-corrected chi connectivity index (χ2v) is 7.03. The zero-order valence-electron chi connectivity index (χ0n) is 16.1. The maximum atomic E-state index is 8.99. The van der Waals surface area contributed by atoms with E-state index in [-0.39, 0.29) is 0 Å². The summed E-state index contributed by atoms with van der Waals surface area (Å²) < 4.78 is 0. The molecule has 0 fully saturated rings. The molecule has 0 amide bonds. The summed E-state index contributed by atoms with van der Waals surface area (Å²) in [5.41, 5.74) is 4.42. The van der Waals surface area contributed by atoms with Crippen LogP contribution >= 0.6 is 0 Å². The minimum Gasteiger partial charge on any atom is -0.256 e. The van der Waals surface area contributed by atoms with Gasteiger partial charge >= 0.3 is 0 Å². The van der Waals surface area contributed by atoms with Crippen LogP contribution in [0.4, 0.5) is 0 Å². The molecule has 0 radical (unpaired) electrons. The lowest BCUT2D eigenvalue weighted by atomic mass is 9.93. The number of hydrogen-bond acceptors (Lipinski definition) is 2. The summed E-state index contributed by atoms with van der Waals surface area (Å²) >= 11 is 0. The summed E-state index contributed by atoms with van der Waals surface area (Å²) in [4.78, 5) is 4.76. The van der Waals surface area contributed by atoms with Gasteiger partial charge in [-0.3, -0.25) is 4.98 Å². The third-order valence-corrected chi connectivity index (χ3v) is 5.19. The molecule has 2 heteroatoms. The van der Waals surface area contributed by atoms with Gasteiger partial charge in [-0.2, -0.15) is 5.26 Å². The van der Waals surface area contributed by atoms with Crippen molar-refractivity contribution in [1.29, 1.82) is 5.26 Å². The van der Waals surface area contributed by atoms with Gasteiger partial charge in [-0.15, -0.1) is 0 Å². The van der Waals surface area contributed by atoms with Gasteiger partial charge in [-0.25, -0.2) is 0 Å². The summed E-state index contributed by atoms with van der Waals surface area (Å²) in [7, 11) is 0. The van der Waals surface area contributed by atoms with Gasteiger partial charge in [-0.05, 0) is 52.6 Å². The van der Waals surface area contributed by atoms with Crippen molar-refractivity contribution in [2.75, 3.05) is 0 Å². The zero-order valence-corrected chi connectivity index (χ0v) is 16.1. The second kappa shape index (κ2) is 7.55. The van der Waals surface area contributed by atoms with Crippen molar-refractivity contribution < 1.29 is 0 Å². The molecule has 0 saturated heterocycles. The molecule has 1 aromatic heterocycles. The predicted octanol–water partition coefficient (Wildman–Crippen LogP) is 6.33. The molecule has 0 unspecified atom stereocenters. The van der Waals surface area contributed by atoms with Gasteiger partial charge in [0.15, 0.2) is 0 Å². The van der Waals surface area contributed by atoms with Gasteiger partial charge in [-0.1, -0.05) is 66.4 Å². The van der Waals surface area contributed by atoms with Crippen molar-refractivity contribution in [2.45, 2.75) is 0 Å². The van der Waals surface area contributed by atoms with E-state index in [4.69, 9.17) is 10.2 Å². The van der Waals surface area contributed by atoms with Crippen LogP contribution in [0.25, 0.3) is 32.8 Å². The molecule has 0 N–H and O–H groups in total. The number of rotatable bonds is 1. The van der Waals surface area contributed by atoms with E-state index in [0.717, 1.165) is 43.9 Å². The van der Waals surface area contributed by atoms with Crippen LogP contribution in [0.5, 0.6) is 0 Å². The molecular weight excluding hydrogens is 364 g/mol. The summed E-state index contributed by atoms with van der Waals surface area (Å²) in [6.45, 7) is 0. The number of benzene rings is 4. The van der Waals surface area contributed by atoms with Crippen molar-refractivity contribution in [3.63, 3.8) is 0 Å². The molecule has 0 aliphatic rings. The van der Waals surface area contributed by atoms with E-state index in [1.54, 1.807) is 12.1 Å². The lowest BCUT2D eigenvalue weighted by Crippen LogP contribution is -1.92. The summed E-state index contributed by atoms with van der Waals surface area (Å²) in [5.74, 6) is 6.60. The highest BCUT2D eigenvalue weighted by molar-refractivity contribution is 6.05. The Morgan fingerprint density at radius 3 is 2.03 bits per heavy atom. The van der Waals surface area contributed by atoms with Crippen molar-refractivity contribution >= 4 is 21.5 Å². The molecule has 5 aromatic rings. The molecule has 4 aromatic carbocycles. The van der Waals surface area contributed by atoms with Crippen molar-refractivity contribution in [3.05, 3.63) is 114 Å². The topological polar surface area (TPSA) is 36.7 Å². The Kier molecular flexibility index (Phi) is 4.45. The third kappa shape index (κ3) is 3.18. The number of fused-ring (bicyclic) bond motifs is 2. The van der Waals surface area contributed by atoms with Crippen LogP contribution in [0.15, 0.2) is 97.2 Å². The van der Waals surface area contributed by atoms with Crippen LogP contribution < -0.4 is 0 Å². The number of pyridine rings is 1. The Balaban J connectivity index is 1.76. The Bertz CT molecular complexity index is 1490. The average molecular weight is 380 g/mol. The first-order valence-electron chi connectivity index (χ1n) is 9.71. The van der Waals surface area contributed by atoms with E-state index in [1.807, 2.05) is 42.6 Å². The standard InChI is InChI=1S/C28H16N2/c29-19-21-11-9-20(10-12-21)13-14-24-16-15-22-5-1-3-7-25(22)27(24)28-26-8-4-2-6-23(26)17-18-30-28/h1-12,15-18H. The molecule has 0 saturated carbocycles. The molecule has 2 nitrogen and oxygen atoms in total. The maximum Gasteiger partial charge on any atom is 0.0991 e.